The third-order valence-corrected chi connectivity index (χ3v) is 3.73. The van der Waals surface area contributed by atoms with Crippen molar-refractivity contribution in [3.63, 3.8) is 0 Å². The van der Waals surface area contributed by atoms with Crippen molar-refractivity contribution in [2.24, 2.45) is 0 Å². The average molecular weight is 282 g/mol. The molecule has 112 valence electrons. The molecule has 0 heterocycles. The van der Waals surface area contributed by atoms with Gasteiger partial charge in [-0.2, -0.15) is 0 Å². The molecule has 0 fully saturated rings. The van der Waals surface area contributed by atoms with E-state index in [1.807, 2.05) is 7.05 Å². The Balaban J connectivity index is 2.34. The van der Waals surface area contributed by atoms with Gasteiger partial charge in [0, 0.05) is 24.8 Å². The number of anilines is 1. The van der Waals surface area contributed by atoms with Gasteiger partial charge in [0.2, 0.25) is 0 Å². The molecule has 2 aromatic rings. The van der Waals surface area contributed by atoms with Crippen LogP contribution in [-0.4, -0.2) is 13.1 Å². The first-order valence-corrected chi connectivity index (χ1v) is 7.66. The van der Waals surface area contributed by atoms with Gasteiger partial charge >= 0.3 is 0 Å². The summed E-state index contributed by atoms with van der Waals surface area (Å²) in [5.41, 5.74) is 5.35. The molecular weight excluding hydrogens is 256 g/mol. The molecule has 2 rings (SSSR count). The van der Waals surface area contributed by atoms with Gasteiger partial charge in [0.05, 0.1) is 0 Å². The van der Waals surface area contributed by atoms with Crippen molar-refractivity contribution in [1.29, 1.82) is 0 Å². The molecule has 0 spiro atoms. The van der Waals surface area contributed by atoms with E-state index in [9.17, 15) is 0 Å². The number of hydrogen-bond donors (Lipinski definition) is 1. The molecule has 1 N–H and O–H groups in total. The lowest BCUT2D eigenvalue weighted by Crippen LogP contribution is -2.31. The molecule has 0 aromatic heterocycles. The molecule has 0 radical (unpaired) electrons. The summed E-state index contributed by atoms with van der Waals surface area (Å²) in [6, 6.07) is 17.9. The maximum Gasteiger partial charge on any atom is 0.0432 e. The zero-order valence-corrected chi connectivity index (χ0v) is 13.6. The highest BCUT2D eigenvalue weighted by Crippen LogP contribution is 2.26. The fourth-order valence-corrected chi connectivity index (χ4v) is 2.65. The van der Waals surface area contributed by atoms with E-state index in [2.05, 4.69) is 79.5 Å². The summed E-state index contributed by atoms with van der Waals surface area (Å²) in [5, 5.41) is 3.28. The van der Waals surface area contributed by atoms with E-state index in [-0.39, 0.29) is 0 Å². The topological polar surface area (TPSA) is 15.3 Å². The Hall–Kier alpha value is -1.80. The van der Waals surface area contributed by atoms with Crippen LogP contribution in [0.1, 0.15) is 30.5 Å². The Bertz CT molecular complexity index is 561. The van der Waals surface area contributed by atoms with Crippen molar-refractivity contribution in [3.05, 3.63) is 65.2 Å². The second-order valence-electron chi connectivity index (χ2n) is 5.87. The smallest absolute Gasteiger partial charge is 0.0432 e. The lowest BCUT2D eigenvalue weighted by molar-refractivity contribution is 0.674. The normalized spacial score (nSPS) is 10.9. The number of nitrogens with one attached hydrogen (secondary N) is 1. The van der Waals surface area contributed by atoms with Gasteiger partial charge in [0.25, 0.3) is 0 Å². The summed E-state index contributed by atoms with van der Waals surface area (Å²) < 4.78 is 0. The van der Waals surface area contributed by atoms with E-state index < -0.39 is 0 Å². The Morgan fingerprint density at radius 1 is 1.05 bits per heavy atom. The van der Waals surface area contributed by atoms with Gasteiger partial charge in [-0.15, -0.1) is 0 Å². The first-order chi connectivity index (χ1) is 10.1. The quantitative estimate of drug-likeness (QED) is 0.857. The highest BCUT2D eigenvalue weighted by atomic mass is 15.2. The molecule has 2 aromatic carbocycles. The first-order valence-electron chi connectivity index (χ1n) is 7.66. The number of benzene rings is 2. The molecule has 0 atom stereocenters. The van der Waals surface area contributed by atoms with Crippen LogP contribution in [0.25, 0.3) is 0 Å². The van der Waals surface area contributed by atoms with Gasteiger partial charge < -0.3 is 10.2 Å². The molecule has 21 heavy (non-hydrogen) atoms. The van der Waals surface area contributed by atoms with Crippen LogP contribution in [0, 0.1) is 6.92 Å². The number of hydrogen-bond acceptors (Lipinski definition) is 2. The van der Waals surface area contributed by atoms with Crippen LogP contribution in [0.15, 0.2) is 48.5 Å². The molecule has 2 nitrogen and oxygen atoms in total. The summed E-state index contributed by atoms with van der Waals surface area (Å²) in [6.07, 6.45) is 0. The summed E-state index contributed by atoms with van der Waals surface area (Å²) in [5.74, 6) is 0. The highest BCUT2D eigenvalue weighted by Gasteiger charge is 2.14. The Morgan fingerprint density at radius 3 is 2.38 bits per heavy atom. The number of aryl methyl sites for hydroxylation is 1. The SMILES string of the molecule is CNCc1cc(C)ccc1N(Cc1ccccc1)C(C)C. The Kier molecular flexibility index (Phi) is 5.40. The summed E-state index contributed by atoms with van der Waals surface area (Å²) in [6.45, 7) is 8.51. The second kappa shape index (κ2) is 7.28. The van der Waals surface area contributed by atoms with Crippen molar-refractivity contribution < 1.29 is 0 Å². The minimum atomic E-state index is 0.462. The van der Waals surface area contributed by atoms with E-state index in [0.29, 0.717) is 6.04 Å². The molecule has 0 bridgehead atoms. The van der Waals surface area contributed by atoms with Crippen LogP contribution in [-0.2, 0) is 13.1 Å². The van der Waals surface area contributed by atoms with Crippen molar-refractivity contribution in [2.45, 2.75) is 39.9 Å². The molecule has 2 heteroatoms. The number of nitrogens with zero attached hydrogens (tertiary/aromatic N) is 1. The molecule has 0 aliphatic rings. The van der Waals surface area contributed by atoms with Gasteiger partial charge in [-0.3, -0.25) is 0 Å². The van der Waals surface area contributed by atoms with Crippen LogP contribution in [0.4, 0.5) is 5.69 Å². The van der Waals surface area contributed by atoms with Crippen LogP contribution in [0.3, 0.4) is 0 Å². The fourth-order valence-electron chi connectivity index (χ4n) is 2.65. The summed E-state index contributed by atoms with van der Waals surface area (Å²) in [4.78, 5) is 2.47. The standard InChI is InChI=1S/C19H26N2/c1-15(2)21(14-17-8-6-5-7-9-17)19-11-10-16(3)12-18(19)13-20-4/h5-12,15,20H,13-14H2,1-4H3. The Morgan fingerprint density at radius 2 is 1.76 bits per heavy atom. The summed E-state index contributed by atoms with van der Waals surface area (Å²) >= 11 is 0. The zero-order chi connectivity index (χ0) is 15.2. The van der Waals surface area contributed by atoms with Gasteiger partial charge in [-0.25, -0.2) is 0 Å². The predicted octanol–water partition coefficient (Wildman–Crippen LogP) is 4.13. The molecule has 0 aliphatic heterocycles. The average Bonchev–Trinajstić information content (AvgIpc) is 2.47. The van der Waals surface area contributed by atoms with E-state index >= 15 is 0 Å². The Labute approximate surface area is 128 Å². The number of rotatable bonds is 6. The fraction of sp³-hybridized carbons (Fsp3) is 0.368. The maximum absolute atomic E-state index is 3.28. The van der Waals surface area contributed by atoms with Gasteiger partial charge in [-0.05, 0) is 45.0 Å². The summed E-state index contributed by atoms with van der Waals surface area (Å²) in [7, 11) is 2.00. The molecule has 0 saturated heterocycles. The lowest BCUT2D eigenvalue weighted by atomic mass is 10.1. The van der Waals surface area contributed by atoms with Crippen molar-refractivity contribution in [1.82, 2.24) is 5.32 Å². The minimum Gasteiger partial charge on any atom is -0.365 e. The third kappa shape index (κ3) is 4.08. The predicted molar refractivity (Wildman–Crippen MR) is 91.7 cm³/mol. The van der Waals surface area contributed by atoms with E-state index in [1.54, 1.807) is 0 Å². The van der Waals surface area contributed by atoms with E-state index in [0.717, 1.165) is 13.1 Å². The largest absolute Gasteiger partial charge is 0.365 e. The third-order valence-electron chi connectivity index (χ3n) is 3.73. The lowest BCUT2D eigenvalue weighted by Gasteiger charge is -2.31. The monoisotopic (exact) mass is 282 g/mol. The van der Waals surface area contributed by atoms with Crippen molar-refractivity contribution in [2.75, 3.05) is 11.9 Å². The molecule has 0 saturated carbocycles. The minimum absolute atomic E-state index is 0.462. The van der Waals surface area contributed by atoms with E-state index in [4.69, 9.17) is 0 Å². The van der Waals surface area contributed by atoms with Crippen LogP contribution < -0.4 is 10.2 Å². The van der Waals surface area contributed by atoms with Gasteiger partial charge in [0.15, 0.2) is 0 Å². The second-order valence-corrected chi connectivity index (χ2v) is 5.87. The van der Waals surface area contributed by atoms with Crippen LogP contribution in [0.2, 0.25) is 0 Å². The van der Waals surface area contributed by atoms with Gasteiger partial charge in [0.1, 0.15) is 0 Å². The van der Waals surface area contributed by atoms with Crippen molar-refractivity contribution in [3.8, 4) is 0 Å². The zero-order valence-electron chi connectivity index (χ0n) is 13.6. The van der Waals surface area contributed by atoms with Gasteiger partial charge in [-0.1, -0.05) is 48.0 Å². The van der Waals surface area contributed by atoms with E-state index in [1.165, 1.54) is 22.4 Å². The molecular formula is C19H26N2. The van der Waals surface area contributed by atoms with Crippen molar-refractivity contribution >= 4 is 5.69 Å². The maximum atomic E-state index is 3.28. The first kappa shape index (κ1) is 15.6. The van der Waals surface area contributed by atoms with Crippen LogP contribution >= 0.6 is 0 Å². The molecule has 0 aliphatic carbocycles. The highest BCUT2D eigenvalue weighted by molar-refractivity contribution is 5.56. The molecule has 0 amide bonds. The molecule has 0 unspecified atom stereocenters. The van der Waals surface area contributed by atoms with Crippen LogP contribution in [0.5, 0.6) is 0 Å².